The minimum Gasteiger partial charge on any atom is -0.356 e. The van der Waals surface area contributed by atoms with Crippen LogP contribution < -0.4 is 4.90 Å². The molecule has 0 saturated heterocycles. The van der Waals surface area contributed by atoms with Gasteiger partial charge in [-0.25, -0.2) is 4.98 Å². The lowest BCUT2D eigenvalue weighted by Crippen LogP contribution is -2.33. The Balaban J connectivity index is 2.76. The smallest absolute Gasteiger partial charge is 0.128 e. The largest absolute Gasteiger partial charge is 0.356 e. The highest BCUT2D eigenvalue weighted by molar-refractivity contribution is 7.84. The topological polar surface area (TPSA) is 57.0 Å². The van der Waals surface area contributed by atoms with Gasteiger partial charge in [0.1, 0.15) is 11.9 Å². The van der Waals surface area contributed by atoms with E-state index in [1.165, 1.54) is 0 Å². The van der Waals surface area contributed by atoms with E-state index >= 15 is 0 Å². The number of nitrogens with zero attached hydrogens (tertiary/aromatic N) is 3. The second-order valence-electron chi connectivity index (χ2n) is 3.72. The molecule has 1 aromatic heterocycles. The van der Waals surface area contributed by atoms with E-state index in [-0.39, 0.29) is 6.04 Å². The predicted molar refractivity (Wildman–Crippen MR) is 65.8 cm³/mol. The average molecular weight is 237 g/mol. The first kappa shape index (κ1) is 12.7. The molecule has 0 saturated carbocycles. The second-order valence-corrected chi connectivity index (χ2v) is 5.20. The SMILES string of the molecule is C[C@@H](C[S@](C)=O)N(C)c1ccc(C#N)cn1. The van der Waals surface area contributed by atoms with E-state index < -0.39 is 10.8 Å². The van der Waals surface area contributed by atoms with E-state index in [9.17, 15) is 4.21 Å². The summed E-state index contributed by atoms with van der Waals surface area (Å²) in [7, 11) is 1.09. The first-order valence-corrected chi connectivity index (χ1v) is 6.66. The van der Waals surface area contributed by atoms with Crippen LogP contribution in [0.4, 0.5) is 5.82 Å². The molecular weight excluding hydrogens is 222 g/mol. The lowest BCUT2D eigenvalue weighted by atomic mass is 10.3. The average Bonchev–Trinajstić information content (AvgIpc) is 2.27. The zero-order chi connectivity index (χ0) is 12.1. The Morgan fingerprint density at radius 2 is 2.31 bits per heavy atom. The van der Waals surface area contributed by atoms with Crippen molar-refractivity contribution in [2.24, 2.45) is 0 Å². The summed E-state index contributed by atoms with van der Waals surface area (Å²) in [4.78, 5) is 6.14. The minimum absolute atomic E-state index is 0.159. The highest BCUT2D eigenvalue weighted by Gasteiger charge is 2.12. The molecule has 0 aliphatic rings. The Hall–Kier alpha value is -1.41. The maximum atomic E-state index is 11.1. The number of pyridine rings is 1. The van der Waals surface area contributed by atoms with Crippen molar-refractivity contribution in [2.75, 3.05) is 24.0 Å². The minimum atomic E-state index is -0.818. The third kappa shape index (κ3) is 3.31. The molecule has 2 atom stereocenters. The monoisotopic (exact) mass is 237 g/mol. The number of rotatable bonds is 4. The fourth-order valence-electron chi connectivity index (χ4n) is 1.34. The first-order chi connectivity index (χ1) is 7.54. The van der Waals surface area contributed by atoms with Crippen LogP contribution in [0, 0.1) is 11.3 Å². The molecule has 86 valence electrons. The molecular formula is C11H15N3OS. The van der Waals surface area contributed by atoms with Gasteiger partial charge in [-0.1, -0.05) is 0 Å². The van der Waals surface area contributed by atoms with Gasteiger partial charge in [-0.2, -0.15) is 5.26 Å². The summed E-state index contributed by atoms with van der Waals surface area (Å²) in [5.74, 6) is 1.40. The summed E-state index contributed by atoms with van der Waals surface area (Å²) in [6, 6.07) is 5.71. The van der Waals surface area contributed by atoms with E-state index in [2.05, 4.69) is 4.98 Å². The fraction of sp³-hybridized carbons (Fsp3) is 0.455. The molecule has 1 aromatic rings. The van der Waals surface area contributed by atoms with Gasteiger partial charge in [0.15, 0.2) is 0 Å². The van der Waals surface area contributed by atoms with Gasteiger partial charge in [-0.3, -0.25) is 4.21 Å². The molecule has 1 heterocycles. The molecule has 0 amide bonds. The van der Waals surface area contributed by atoms with Crippen LogP contribution in [-0.2, 0) is 10.8 Å². The summed E-state index contributed by atoms with van der Waals surface area (Å²) in [6.07, 6.45) is 3.23. The molecule has 16 heavy (non-hydrogen) atoms. The van der Waals surface area contributed by atoms with Gasteiger partial charge in [0.05, 0.1) is 5.56 Å². The van der Waals surface area contributed by atoms with E-state index in [4.69, 9.17) is 5.26 Å². The Morgan fingerprint density at radius 1 is 1.62 bits per heavy atom. The van der Waals surface area contributed by atoms with Crippen LogP contribution in [0.15, 0.2) is 18.3 Å². The molecule has 0 aromatic carbocycles. The molecule has 0 bridgehead atoms. The Morgan fingerprint density at radius 3 is 2.75 bits per heavy atom. The lowest BCUT2D eigenvalue weighted by Gasteiger charge is -2.25. The van der Waals surface area contributed by atoms with Crippen molar-refractivity contribution in [3.63, 3.8) is 0 Å². The van der Waals surface area contributed by atoms with Crippen LogP contribution in [0.5, 0.6) is 0 Å². The zero-order valence-electron chi connectivity index (χ0n) is 9.67. The van der Waals surface area contributed by atoms with E-state index in [0.717, 1.165) is 5.82 Å². The van der Waals surface area contributed by atoms with Crippen LogP contribution in [0.2, 0.25) is 0 Å². The van der Waals surface area contributed by atoms with Crippen molar-refractivity contribution in [1.29, 1.82) is 5.26 Å². The first-order valence-electron chi connectivity index (χ1n) is 4.93. The van der Waals surface area contributed by atoms with Crippen molar-refractivity contribution >= 4 is 16.6 Å². The van der Waals surface area contributed by atoms with Crippen molar-refractivity contribution in [1.82, 2.24) is 4.98 Å². The molecule has 0 fully saturated rings. The van der Waals surface area contributed by atoms with E-state index in [0.29, 0.717) is 11.3 Å². The van der Waals surface area contributed by atoms with Crippen LogP contribution in [0.25, 0.3) is 0 Å². The molecule has 4 nitrogen and oxygen atoms in total. The maximum Gasteiger partial charge on any atom is 0.128 e. The molecule has 0 radical (unpaired) electrons. The summed E-state index contributed by atoms with van der Waals surface area (Å²) >= 11 is 0. The van der Waals surface area contributed by atoms with Crippen LogP contribution >= 0.6 is 0 Å². The number of anilines is 1. The highest BCUT2D eigenvalue weighted by Crippen LogP contribution is 2.12. The molecule has 0 N–H and O–H groups in total. The number of nitriles is 1. The summed E-state index contributed by atoms with van der Waals surface area (Å²) < 4.78 is 11.1. The van der Waals surface area contributed by atoms with Crippen LogP contribution in [-0.4, -0.2) is 34.3 Å². The summed E-state index contributed by atoms with van der Waals surface area (Å²) in [5, 5.41) is 8.65. The third-order valence-corrected chi connectivity index (χ3v) is 3.33. The normalized spacial score (nSPS) is 13.9. The number of hydrogen-bond donors (Lipinski definition) is 0. The van der Waals surface area contributed by atoms with E-state index in [1.54, 1.807) is 24.6 Å². The van der Waals surface area contributed by atoms with Crippen molar-refractivity contribution in [3.8, 4) is 6.07 Å². The molecule has 0 aliphatic heterocycles. The van der Waals surface area contributed by atoms with Gasteiger partial charge >= 0.3 is 0 Å². The molecule has 1 rings (SSSR count). The third-order valence-electron chi connectivity index (χ3n) is 2.38. The van der Waals surface area contributed by atoms with Gasteiger partial charge in [0, 0.05) is 42.1 Å². The predicted octanol–water partition coefficient (Wildman–Crippen LogP) is 1.16. The van der Waals surface area contributed by atoms with Crippen molar-refractivity contribution in [2.45, 2.75) is 13.0 Å². The summed E-state index contributed by atoms with van der Waals surface area (Å²) in [6.45, 7) is 2.00. The van der Waals surface area contributed by atoms with Gasteiger partial charge in [0.2, 0.25) is 0 Å². The molecule has 5 heteroatoms. The highest BCUT2D eigenvalue weighted by atomic mass is 32.2. The Labute approximate surface area is 98.4 Å². The van der Waals surface area contributed by atoms with Crippen molar-refractivity contribution < 1.29 is 4.21 Å². The summed E-state index contributed by atoms with van der Waals surface area (Å²) in [5.41, 5.74) is 0.545. The number of aromatic nitrogens is 1. The van der Waals surface area contributed by atoms with Gasteiger partial charge in [-0.05, 0) is 19.1 Å². The maximum absolute atomic E-state index is 11.1. The van der Waals surface area contributed by atoms with Gasteiger partial charge in [0.25, 0.3) is 0 Å². The molecule has 0 unspecified atom stereocenters. The fourth-order valence-corrected chi connectivity index (χ4v) is 2.24. The quantitative estimate of drug-likeness (QED) is 0.788. The lowest BCUT2D eigenvalue weighted by molar-refractivity contribution is 0.674. The van der Waals surface area contributed by atoms with Crippen molar-refractivity contribution in [3.05, 3.63) is 23.9 Å². The van der Waals surface area contributed by atoms with Crippen LogP contribution in [0.1, 0.15) is 12.5 Å². The molecule has 0 spiro atoms. The van der Waals surface area contributed by atoms with Gasteiger partial charge < -0.3 is 4.90 Å². The molecule has 0 aliphatic carbocycles. The second kappa shape index (κ2) is 5.61. The number of hydrogen-bond acceptors (Lipinski definition) is 4. The van der Waals surface area contributed by atoms with Gasteiger partial charge in [-0.15, -0.1) is 0 Å². The Bertz CT molecular complexity index is 410. The van der Waals surface area contributed by atoms with E-state index in [1.807, 2.05) is 24.9 Å². The van der Waals surface area contributed by atoms with Crippen LogP contribution in [0.3, 0.4) is 0 Å². The zero-order valence-corrected chi connectivity index (χ0v) is 10.5. The standard InChI is InChI=1S/C11H15N3OS/c1-9(8-16(3)15)14(2)11-5-4-10(6-12)7-13-11/h4-5,7,9H,8H2,1-3H3/t9-,16-/m0/s1. The Kier molecular flexibility index (Phi) is 4.44.